The van der Waals surface area contributed by atoms with Gasteiger partial charge in [0.05, 0.1) is 12.9 Å². The molecule has 2 rings (SSSR count). The Morgan fingerprint density at radius 2 is 1.93 bits per heavy atom. The monoisotopic (exact) mass is 378 g/mol. The van der Waals surface area contributed by atoms with E-state index >= 15 is 0 Å². The van der Waals surface area contributed by atoms with Crippen LogP contribution in [0.3, 0.4) is 0 Å². The summed E-state index contributed by atoms with van der Waals surface area (Å²) in [7, 11) is 0. The molecule has 0 bridgehead atoms. The number of nitrogens with one attached hydrogen (secondary N) is 2. The third kappa shape index (κ3) is 5.34. The maximum absolute atomic E-state index is 13.2. The lowest BCUT2D eigenvalue weighted by Crippen LogP contribution is -2.62. The van der Waals surface area contributed by atoms with Crippen molar-refractivity contribution in [3.05, 3.63) is 24.2 Å². The molecule has 0 spiro atoms. The predicted molar refractivity (Wildman–Crippen MR) is 100 cm³/mol. The molecule has 0 aliphatic heterocycles. The molecule has 1 saturated carbocycles. The Kier molecular flexibility index (Phi) is 7.45. The summed E-state index contributed by atoms with van der Waals surface area (Å²) in [6.07, 6.45) is 5.86. The summed E-state index contributed by atoms with van der Waals surface area (Å²) in [5.41, 5.74) is -1.04. The number of amides is 2. The lowest BCUT2D eigenvalue weighted by molar-refractivity contribution is -0.150. The van der Waals surface area contributed by atoms with Crippen molar-refractivity contribution < 1.29 is 23.5 Å². The van der Waals surface area contributed by atoms with E-state index in [1.54, 1.807) is 12.1 Å². The highest BCUT2D eigenvalue weighted by Crippen LogP contribution is 2.29. The zero-order valence-electron chi connectivity index (χ0n) is 16.4. The molecule has 2 amide bonds. The van der Waals surface area contributed by atoms with Gasteiger partial charge in [0, 0.05) is 0 Å². The van der Waals surface area contributed by atoms with Crippen LogP contribution in [0.25, 0.3) is 0 Å². The molecule has 2 N–H and O–H groups in total. The summed E-state index contributed by atoms with van der Waals surface area (Å²) in [6.45, 7) is 5.94. The average Bonchev–Trinajstić information content (AvgIpc) is 3.19. The van der Waals surface area contributed by atoms with Crippen LogP contribution in [0.4, 0.5) is 0 Å². The second-order valence-corrected chi connectivity index (χ2v) is 7.44. The minimum atomic E-state index is -1.04. The van der Waals surface area contributed by atoms with Crippen molar-refractivity contribution in [2.24, 2.45) is 5.92 Å². The number of carbonyl (C=O) groups excluding carboxylic acids is 3. The number of ether oxygens (including phenoxy) is 1. The molecule has 1 aromatic heterocycles. The Labute approximate surface area is 160 Å². The van der Waals surface area contributed by atoms with Gasteiger partial charge in [0.15, 0.2) is 5.76 Å². The SMILES string of the molecule is CCCOC(=O)[C@@H](NC(=O)C1(NC(=O)c2ccco2)CCCCC1)C(C)C. The standard InChI is InChI=1S/C20H30N2O5/c1-4-12-27-18(24)16(14(2)3)21-19(25)20(10-6-5-7-11-20)22-17(23)15-9-8-13-26-15/h8-9,13-14,16H,4-7,10-12H2,1-3H3,(H,21,25)(H,22,23)/t16-/m0/s1. The van der Waals surface area contributed by atoms with Crippen molar-refractivity contribution in [1.29, 1.82) is 0 Å². The molecule has 27 heavy (non-hydrogen) atoms. The van der Waals surface area contributed by atoms with Crippen LogP contribution in [-0.2, 0) is 14.3 Å². The number of hydrogen-bond acceptors (Lipinski definition) is 5. The zero-order chi connectivity index (χ0) is 19.9. The molecular formula is C20H30N2O5. The maximum atomic E-state index is 13.2. The van der Waals surface area contributed by atoms with Crippen LogP contribution in [0.2, 0.25) is 0 Å². The highest BCUT2D eigenvalue weighted by atomic mass is 16.5. The highest BCUT2D eigenvalue weighted by molar-refractivity contribution is 5.98. The summed E-state index contributed by atoms with van der Waals surface area (Å²) >= 11 is 0. The first-order valence-electron chi connectivity index (χ1n) is 9.73. The van der Waals surface area contributed by atoms with E-state index in [1.165, 1.54) is 6.26 Å². The van der Waals surface area contributed by atoms with Gasteiger partial charge in [-0.2, -0.15) is 0 Å². The average molecular weight is 378 g/mol. The van der Waals surface area contributed by atoms with Crippen LogP contribution in [0, 0.1) is 5.92 Å². The molecule has 1 aliphatic carbocycles. The predicted octanol–water partition coefficient (Wildman–Crippen LogP) is 2.81. The van der Waals surface area contributed by atoms with Crippen LogP contribution in [0.1, 0.15) is 69.9 Å². The van der Waals surface area contributed by atoms with Crippen molar-refractivity contribution >= 4 is 17.8 Å². The molecule has 7 heteroatoms. The second-order valence-electron chi connectivity index (χ2n) is 7.44. The Morgan fingerprint density at radius 1 is 1.22 bits per heavy atom. The van der Waals surface area contributed by atoms with Crippen molar-refractivity contribution in [3.63, 3.8) is 0 Å². The van der Waals surface area contributed by atoms with E-state index in [-0.39, 0.29) is 17.6 Å². The first-order chi connectivity index (χ1) is 12.9. The lowest BCUT2D eigenvalue weighted by atomic mass is 9.80. The third-order valence-electron chi connectivity index (χ3n) is 4.90. The first kappa shape index (κ1) is 21.0. The molecule has 0 unspecified atom stereocenters. The van der Waals surface area contributed by atoms with Gasteiger partial charge in [-0.05, 0) is 37.3 Å². The minimum absolute atomic E-state index is 0.125. The summed E-state index contributed by atoms with van der Waals surface area (Å²) < 4.78 is 10.4. The van der Waals surface area contributed by atoms with E-state index in [9.17, 15) is 14.4 Å². The largest absolute Gasteiger partial charge is 0.464 e. The number of rotatable bonds is 8. The number of esters is 1. The van der Waals surface area contributed by atoms with Gasteiger partial charge in [0.2, 0.25) is 5.91 Å². The fourth-order valence-corrected chi connectivity index (χ4v) is 3.32. The van der Waals surface area contributed by atoms with Crippen molar-refractivity contribution in [1.82, 2.24) is 10.6 Å². The Bertz CT molecular complexity index is 633. The smallest absolute Gasteiger partial charge is 0.328 e. The molecule has 1 heterocycles. The Balaban J connectivity index is 2.15. The quantitative estimate of drug-likeness (QED) is 0.678. The molecule has 1 aliphatic rings. The molecule has 1 atom stereocenters. The van der Waals surface area contributed by atoms with E-state index < -0.39 is 23.5 Å². The lowest BCUT2D eigenvalue weighted by Gasteiger charge is -2.37. The minimum Gasteiger partial charge on any atom is -0.464 e. The van der Waals surface area contributed by atoms with Crippen molar-refractivity contribution in [2.45, 2.75) is 70.9 Å². The van der Waals surface area contributed by atoms with E-state index in [4.69, 9.17) is 9.15 Å². The van der Waals surface area contributed by atoms with Gasteiger partial charge in [0.25, 0.3) is 5.91 Å². The van der Waals surface area contributed by atoms with Gasteiger partial charge in [-0.1, -0.05) is 40.0 Å². The fraction of sp³-hybridized carbons (Fsp3) is 0.650. The molecule has 0 radical (unpaired) electrons. The van der Waals surface area contributed by atoms with Crippen molar-refractivity contribution in [3.8, 4) is 0 Å². The van der Waals surface area contributed by atoms with E-state index in [1.807, 2.05) is 20.8 Å². The van der Waals surface area contributed by atoms with E-state index in [0.717, 1.165) is 19.3 Å². The maximum Gasteiger partial charge on any atom is 0.328 e. The topological polar surface area (TPSA) is 97.6 Å². The summed E-state index contributed by atoms with van der Waals surface area (Å²) in [5.74, 6) is -1.17. The van der Waals surface area contributed by atoms with E-state index in [2.05, 4.69) is 10.6 Å². The van der Waals surface area contributed by atoms with Gasteiger partial charge in [-0.15, -0.1) is 0 Å². The molecule has 0 aromatic carbocycles. The van der Waals surface area contributed by atoms with Crippen LogP contribution in [0.15, 0.2) is 22.8 Å². The zero-order valence-corrected chi connectivity index (χ0v) is 16.4. The summed E-state index contributed by atoms with van der Waals surface area (Å²) in [6, 6.07) is 2.44. The normalized spacial score (nSPS) is 17.2. The van der Waals surface area contributed by atoms with Gasteiger partial charge in [0.1, 0.15) is 11.6 Å². The van der Waals surface area contributed by atoms with Gasteiger partial charge in [-0.3, -0.25) is 9.59 Å². The van der Waals surface area contributed by atoms with Gasteiger partial charge >= 0.3 is 5.97 Å². The van der Waals surface area contributed by atoms with Gasteiger partial charge < -0.3 is 19.8 Å². The van der Waals surface area contributed by atoms with Crippen LogP contribution < -0.4 is 10.6 Å². The fourth-order valence-electron chi connectivity index (χ4n) is 3.32. The summed E-state index contributed by atoms with van der Waals surface area (Å²) in [5, 5.41) is 5.69. The van der Waals surface area contributed by atoms with Crippen LogP contribution in [-0.4, -0.2) is 36.0 Å². The van der Waals surface area contributed by atoms with E-state index in [0.29, 0.717) is 25.9 Å². The third-order valence-corrected chi connectivity index (χ3v) is 4.90. The molecule has 7 nitrogen and oxygen atoms in total. The van der Waals surface area contributed by atoms with Crippen LogP contribution in [0.5, 0.6) is 0 Å². The second kappa shape index (κ2) is 9.58. The van der Waals surface area contributed by atoms with Gasteiger partial charge in [-0.25, -0.2) is 4.79 Å². The number of carbonyl (C=O) groups is 3. The Morgan fingerprint density at radius 3 is 2.48 bits per heavy atom. The molecule has 0 saturated heterocycles. The molecule has 1 fully saturated rings. The first-order valence-corrected chi connectivity index (χ1v) is 9.73. The molecule has 150 valence electrons. The number of furan rings is 1. The summed E-state index contributed by atoms with van der Waals surface area (Å²) in [4.78, 5) is 38.0. The number of hydrogen-bond donors (Lipinski definition) is 2. The molecule has 1 aromatic rings. The molecular weight excluding hydrogens is 348 g/mol. The van der Waals surface area contributed by atoms with Crippen LogP contribution >= 0.6 is 0 Å². The van der Waals surface area contributed by atoms with Crippen molar-refractivity contribution in [2.75, 3.05) is 6.61 Å². The Hall–Kier alpha value is -2.31. The highest BCUT2D eigenvalue weighted by Gasteiger charge is 2.43.